The normalized spacial score (nSPS) is 13.7. The van der Waals surface area contributed by atoms with Gasteiger partial charge in [-0.3, -0.25) is 9.59 Å². The van der Waals surface area contributed by atoms with E-state index in [-0.39, 0.29) is 12.8 Å². The van der Waals surface area contributed by atoms with E-state index < -0.39 is 41.6 Å². The molecular weight excluding hydrogens is 341 g/mol. The van der Waals surface area contributed by atoms with Crippen LogP contribution in [-0.4, -0.2) is 37.0 Å². The van der Waals surface area contributed by atoms with Crippen LogP contribution in [0.1, 0.15) is 25.8 Å². The summed E-state index contributed by atoms with van der Waals surface area (Å²) in [6, 6.07) is 5.55. The summed E-state index contributed by atoms with van der Waals surface area (Å²) in [5.74, 6) is -2.58. The number of esters is 1. The Morgan fingerprint density at radius 2 is 1.81 bits per heavy atom. The van der Waals surface area contributed by atoms with Crippen LogP contribution in [0.3, 0.4) is 0 Å². The van der Waals surface area contributed by atoms with Gasteiger partial charge in [-0.25, -0.2) is 9.18 Å². The molecule has 1 aromatic carbocycles. The van der Waals surface area contributed by atoms with Crippen molar-refractivity contribution in [3.63, 3.8) is 0 Å². The van der Waals surface area contributed by atoms with E-state index in [1.807, 2.05) is 6.07 Å². The number of hydrogen-bond acceptors (Lipinski definition) is 5. The van der Waals surface area contributed by atoms with Crippen molar-refractivity contribution in [2.45, 2.75) is 38.8 Å². The molecule has 7 nitrogen and oxygen atoms in total. The fourth-order valence-corrected chi connectivity index (χ4v) is 2.35. The van der Waals surface area contributed by atoms with Crippen molar-refractivity contribution in [3.8, 4) is 6.07 Å². The van der Waals surface area contributed by atoms with Gasteiger partial charge in [-0.15, -0.1) is 0 Å². The quantitative estimate of drug-likeness (QED) is 0.672. The lowest BCUT2D eigenvalue weighted by molar-refractivity contribution is -0.145. The number of carbonyl (C=O) groups excluding carboxylic acids is 3. The summed E-state index contributed by atoms with van der Waals surface area (Å²) in [7, 11) is 1.18. The molecule has 0 unspecified atom stereocenters. The summed E-state index contributed by atoms with van der Waals surface area (Å²) in [5.41, 5.74) is 0.639. The van der Waals surface area contributed by atoms with Crippen molar-refractivity contribution < 1.29 is 23.5 Å². The predicted molar refractivity (Wildman–Crippen MR) is 91.0 cm³/mol. The lowest BCUT2D eigenvalue weighted by atomic mass is 10.0. The number of nitrogens with zero attached hydrogens (tertiary/aromatic N) is 1. The van der Waals surface area contributed by atoms with Gasteiger partial charge in [-0.05, 0) is 31.0 Å². The zero-order chi connectivity index (χ0) is 19.7. The van der Waals surface area contributed by atoms with Gasteiger partial charge in [0.25, 0.3) is 0 Å². The monoisotopic (exact) mass is 363 g/mol. The highest BCUT2D eigenvalue weighted by Crippen LogP contribution is 2.09. The van der Waals surface area contributed by atoms with Gasteiger partial charge in [0.15, 0.2) is 0 Å². The lowest BCUT2D eigenvalue weighted by Crippen LogP contribution is -2.52. The van der Waals surface area contributed by atoms with E-state index in [1.54, 1.807) is 6.92 Å². The van der Waals surface area contributed by atoms with Crippen LogP contribution in [-0.2, 0) is 25.5 Å². The van der Waals surface area contributed by atoms with E-state index in [0.29, 0.717) is 5.56 Å². The summed E-state index contributed by atoms with van der Waals surface area (Å²) >= 11 is 0. The molecule has 1 aromatic rings. The molecule has 2 N–H and O–H groups in total. The first-order valence-electron chi connectivity index (χ1n) is 8.06. The predicted octanol–water partition coefficient (Wildman–Crippen LogP) is 1.08. The molecular formula is C18H22FN3O4. The Bertz CT molecular complexity index is 685. The first-order valence-corrected chi connectivity index (χ1v) is 8.06. The zero-order valence-corrected chi connectivity index (χ0v) is 14.9. The second-order valence-corrected chi connectivity index (χ2v) is 5.93. The van der Waals surface area contributed by atoms with Gasteiger partial charge in [0.05, 0.1) is 13.2 Å². The molecule has 0 heterocycles. The highest BCUT2D eigenvalue weighted by molar-refractivity contribution is 5.90. The minimum absolute atomic E-state index is 0.0816. The number of benzene rings is 1. The molecule has 0 aliphatic carbocycles. The molecule has 0 aromatic heterocycles. The minimum Gasteiger partial charge on any atom is -0.467 e. The maximum Gasteiger partial charge on any atom is 0.328 e. The van der Waals surface area contributed by atoms with Crippen LogP contribution in [0.15, 0.2) is 24.3 Å². The zero-order valence-electron chi connectivity index (χ0n) is 14.9. The van der Waals surface area contributed by atoms with E-state index in [4.69, 9.17) is 5.26 Å². The molecule has 0 aliphatic rings. The molecule has 3 atom stereocenters. The smallest absolute Gasteiger partial charge is 0.328 e. The Hall–Kier alpha value is -2.95. The van der Waals surface area contributed by atoms with Gasteiger partial charge in [0, 0.05) is 19.3 Å². The molecule has 1 rings (SSSR count). The van der Waals surface area contributed by atoms with Crippen molar-refractivity contribution >= 4 is 17.8 Å². The Labute approximate surface area is 151 Å². The Morgan fingerprint density at radius 3 is 2.31 bits per heavy atom. The van der Waals surface area contributed by atoms with Gasteiger partial charge in [0.1, 0.15) is 17.9 Å². The largest absolute Gasteiger partial charge is 0.467 e. The van der Waals surface area contributed by atoms with Crippen molar-refractivity contribution in [2.24, 2.45) is 5.92 Å². The topological polar surface area (TPSA) is 108 Å². The van der Waals surface area contributed by atoms with Crippen LogP contribution in [0.2, 0.25) is 0 Å². The third kappa shape index (κ3) is 6.89. The molecule has 0 spiro atoms. The Morgan fingerprint density at radius 1 is 1.19 bits per heavy atom. The van der Waals surface area contributed by atoms with Gasteiger partial charge in [0.2, 0.25) is 11.8 Å². The van der Waals surface area contributed by atoms with Crippen molar-refractivity contribution in [1.82, 2.24) is 10.6 Å². The van der Waals surface area contributed by atoms with E-state index >= 15 is 0 Å². The van der Waals surface area contributed by atoms with Crippen molar-refractivity contribution in [3.05, 3.63) is 35.6 Å². The van der Waals surface area contributed by atoms with E-state index in [0.717, 1.165) is 0 Å². The van der Waals surface area contributed by atoms with Crippen molar-refractivity contribution in [2.75, 3.05) is 7.11 Å². The number of nitrogens with one attached hydrogen (secondary N) is 2. The van der Waals surface area contributed by atoms with Crippen LogP contribution in [0, 0.1) is 23.1 Å². The first kappa shape index (κ1) is 21.1. The lowest BCUT2D eigenvalue weighted by Gasteiger charge is -2.22. The van der Waals surface area contributed by atoms with Gasteiger partial charge >= 0.3 is 5.97 Å². The molecule has 0 aliphatic heterocycles. The Kier molecular flexibility index (Phi) is 8.22. The summed E-state index contributed by atoms with van der Waals surface area (Å²) in [6.45, 7) is 2.88. The highest BCUT2D eigenvalue weighted by atomic mass is 19.1. The number of hydrogen-bond donors (Lipinski definition) is 2. The summed E-state index contributed by atoms with van der Waals surface area (Å²) in [6.07, 6.45) is 0.200. The van der Waals surface area contributed by atoms with Crippen LogP contribution >= 0.6 is 0 Å². The first-order chi connectivity index (χ1) is 12.3. The molecule has 140 valence electrons. The number of ether oxygens (including phenoxy) is 1. The van der Waals surface area contributed by atoms with Gasteiger partial charge in [-0.2, -0.15) is 5.26 Å². The minimum atomic E-state index is -1.01. The number of rotatable bonds is 8. The summed E-state index contributed by atoms with van der Waals surface area (Å²) in [5, 5.41) is 13.9. The van der Waals surface area contributed by atoms with Crippen LogP contribution in [0.4, 0.5) is 4.39 Å². The highest BCUT2D eigenvalue weighted by Gasteiger charge is 2.28. The van der Waals surface area contributed by atoms with Crippen molar-refractivity contribution in [1.29, 1.82) is 5.26 Å². The average molecular weight is 363 g/mol. The molecule has 0 bridgehead atoms. The molecule has 26 heavy (non-hydrogen) atoms. The SMILES string of the molecule is COC(=O)[C@@H](C[C@@H](C)C#N)NC(=O)[C@@H](Cc1ccc(F)cc1)NC(C)=O. The standard InChI is InChI=1S/C18H22FN3O4/c1-11(10-20)8-16(18(25)26-3)22-17(24)15(21-12(2)23)9-13-4-6-14(19)7-5-13/h4-7,11,15-16H,8-9H2,1-3H3,(H,21,23)(H,22,24)/t11-,15-,16-/m1/s1. The second-order valence-electron chi connectivity index (χ2n) is 5.93. The van der Waals surface area contributed by atoms with E-state index in [9.17, 15) is 18.8 Å². The number of amides is 2. The summed E-state index contributed by atoms with van der Waals surface area (Å²) < 4.78 is 17.7. The van der Waals surface area contributed by atoms with Crippen LogP contribution in [0.25, 0.3) is 0 Å². The van der Waals surface area contributed by atoms with Crippen LogP contribution < -0.4 is 10.6 Å². The number of methoxy groups -OCH3 is 1. The van der Waals surface area contributed by atoms with Gasteiger partial charge in [-0.1, -0.05) is 12.1 Å². The van der Waals surface area contributed by atoms with E-state index in [2.05, 4.69) is 15.4 Å². The molecule has 2 amide bonds. The molecule has 8 heteroatoms. The number of carbonyl (C=O) groups is 3. The van der Waals surface area contributed by atoms with Gasteiger partial charge < -0.3 is 15.4 Å². The third-order valence-electron chi connectivity index (χ3n) is 3.66. The maximum absolute atomic E-state index is 13.0. The van der Waals surface area contributed by atoms with Crippen LogP contribution in [0.5, 0.6) is 0 Å². The van der Waals surface area contributed by atoms with E-state index in [1.165, 1.54) is 38.3 Å². The fraction of sp³-hybridized carbons (Fsp3) is 0.444. The maximum atomic E-state index is 13.0. The molecule has 0 fully saturated rings. The Balaban J connectivity index is 2.91. The number of halogens is 1. The molecule has 0 radical (unpaired) electrons. The average Bonchev–Trinajstić information content (AvgIpc) is 2.61. The third-order valence-corrected chi connectivity index (χ3v) is 3.66. The summed E-state index contributed by atoms with van der Waals surface area (Å²) in [4.78, 5) is 35.8. The number of nitriles is 1. The molecule has 0 saturated heterocycles. The second kappa shape index (κ2) is 10.1. The molecule has 0 saturated carbocycles. The fourth-order valence-electron chi connectivity index (χ4n) is 2.35.